The highest BCUT2D eigenvalue weighted by atomic mass is 127. The molecule has 1 aromatic carbocycles. The molecule has 0 heterocycles. The van der Waals surface area contributed by atoms with Gasteiger partial charge in [-0.1, -0.05) is 38.5 Å². The van der Waals surface area contributed by atoms with Crippen molar-refractivity contribution in [3.63, 3.8) is 0 Å². The van der Waals surface area contributed by atoms with Crippen LogP contribution in [0.5, 0.6) is 0 Å². The first-order valence-corrected chi connectivity index (χ1v) is 6.89. The standard InChI is InChI=1S/C13H21IN2/c1-4-9(2)8-12(16-15)11-7-5-6-10(3)13(11)14/h5-7,9,12,16H,4,8,15H2,1-3H3. The van der Waals surface area contributed by atoms with E-state index in [0.717, 1.165) is 6.42 Å². The maximum absolute atomic E-state index is 5.67. The van der Waals surface area contributed by atoms with E-state index < -0.39 is 0 Å². The number of hydrogen-bond acceptors (Lipinski definition) is 2. The minimum atomic E-state index is 0.266. The fraction of sp³-hybridized carbons (Fsp3) is 0.538. The SMILES string of the molecule is CCC(C)CC(NN)c1cccc(C)c1I. The summed E-state index contributed by atoms with van der Waals surface area (Å²) >= 11 is 2.41. The molecule has 0 aliphatic carbocycles. The van der Waals surface area contributed by atoms with E-state index >= 15 is 0 Å². The monoisotopic (exact) mass is 332 g/mol. The number of nitrogens with one attached hydrogen (secondary N) is 1. The van der Waals surface area contributed by atoms with Gasteiger partial charge in [-0.3, -0.25) is 11.3 Å². The lowest BCUT2D eigenvalue weighted by Crippen LogP contribution is -2.30. The van der Waals surface area contributed by atoms with E-state index in [2.05, 4.69) is 67.0 Å². The smallest absolute Gasteiger partial charge is 0.0473 e. The third-order valence-electron chi connectivity index (χ3n) is 3.13. The van der Waals surface area contributed by atoms with Crippen molar-refractivity contribution in [3.05, 3.63) is 32.9 Å². The number of hydrazine groups is 1. The molecule has 0 radical (unpaired) electrons. The van der Waals surface area contributed by atoms with Crippen LogP contribution in [0.1, 0.15) is 43.9 Å². The number of halogens is 1. The molecule has 2 unspecified atom stereocenters. The summed E-state index contributed by atoms with van der Waals surface area (Å²) in [6.45, 7) is 6.63. The average molecular weight is 332 g/mol. The van der Waals surface area contributed by atoms with E-state index in [0.29, 0.717) is 5.92 Å². The van der Waals surface area contributed by atoms with E-state index in [4.69, 9.17) is 5.84 Å². The Morgan fingerprint density at radius 2 is 2.12 bits per heavy atom. The third-order valence-corrected chi connectivity index (χ3v) is 4.61. The van der Waals surface area contributed by atoms with Crippen molar-refractivity contribution in [1.29, 1.82) is 0 Å². The van der Waals surface area contributed by atoms with Crippen molar-refractivity contribution in [2.24, 2.45) is 11.8 Å². The van der Waals surface area contributed by atoms with Crippen molar-refractivity contribution in [1.82, 2.24) is 5.43 Å². The summed E-state index contributed by atoms with van der Waals surface area (Å²) in [6.07, 6.45) is 2.28. The van der Waals surface area contributed by atoms with Crippen LogP contribution < -0.4 is 11.3 Å². The van der Waals surface area contributed by atoms with Gasteiger partial charge in [0.1, 0.15) is 0 Å². The van der Waals surface area contributed by atoms with Gasteiger partial charge < -0.3 is 0 Å². The molecule has 0 spiro atoms. The summed E-state index contributed by atoms with van der Waals surface area (Å²) in [5, 5.41) is 0. The second-order valence-corrected chi connectivity index (χ2v) is 5.53. The predicted molar refractivity (Wildman–Crippen MR) is 78.0 cm³/mol. The minimum Gasteiger partial charge on any atom is -0.271 e. The summed E-state index contributed by atoms with van der Waals surface area (Å²) in [5.74, 6) is 6.37. The Balaban J connectivity index is 2.90. The van der Waals surface area contributed by atoms with Gasteiger partial charge in [-0.25, -0.2) is 0 Å². The van der Waals surface area contributed by atoms with Crippen molar-refractivity contribution >= 4 is 22.6 Å². The van der Waals surface area contributed by atoms with Crippen molar-refractivity contribution in [2.45, 2.75) is 39.7 Å². The van der Waals surface area contributed by atoms with Gasteiger partial charge in [0.25, 0.3) is 0 Å². The fourth-order valence-electron chi connectivity index (χ4n) is 1.79. The quantitative estimate of drug-likeness (QED) is 0.492. The molecule has 90 valence electrons. The van der Waals surface area contributed by atoms with Crippen LogP contribution >= 0.6 is 22.6 Å². The van der Waals surface area contributed by atoms with Gasteiger partial charge in [-0.05, 0) is 53.0 Å². The topological polar surface area (TPSA) is 38.0 Å². The van der Waals surface area contributed by atoms with Gasteiger partial charge in [0.2, 0.25) is 0 Å². The van der Waals surface area contributed by atoms with Crippen molar-refractivity contribution in [2.75, 3.05) is 0 Å². The fourth-order valence-corrected chi connectivity index (χ4v) is 2.53. The van der Waals surface area contributed by atoms with Crippen LogP contribution in [-0.4, -0.2) is 0 Å². The minimum absolute atomic E-state index is 0.266. The Morgan fingerprint density at radius 3 is 2.69 bits per heavy atom. The highest BCUT2D eigenvalue weighted by molar-refractivity contribution is 14.1. The van der Waals surface area contributed by atoms with Crippen molar-refractivity contribution in [3.8, 4) is 0 Å². The van der Waals surface area contributed by atoms with E-state index in [1.807, 2.05) is 0 Å². The number of aryl methyl sites for hydroxylation is 1. The van der Waals surface area contributed by atoms with Gasteiger partial charge in [-0.15, -0.1) is 0 Å². The molecule has 0 aliphatic rings. The molecule has 3 N–H and O–H groups in total. The Bertz CT molecular complexity index is 339. The van der Waals surface area contributed by atoms with Crippen LogP contribution in [0, 0.1) is 16.4 Å². The molecular formula is C13H21IN2. The van der Waals surface area contributed by atoms with Gasteiger partial charge >= 0.3 is 0 Å². The van der Waals surface area contributed by atoms with Crippen molar-refractivity contribution < 1.29 is 0 Å². The van der Waals surface area contributed by atoms with Crippen LogP contribution in [0.2, 0.25) is 0 Å². The highest BCUT2D eigenvalue weighted by Crippen LogP contribution is 2.27. The molecule has 1 rings (SSSR count). The van der Waals surface area contributed by atoms with E-state index in [1.54, 1.807) is 0 Å². The zero-order valence-electron chi connectivity index (χ0n) is 10.3. The van der Waals surface area contributed by atoms with Crippen LogP contribution in [0.3, 0.4) is 0 Å². The average Bonchev–Trinajstić information content (AvgIpc) is 2.29. The summed E-state index contributed by atoms with van der Waals surface area (Å²) in [4.78, 5) is 0. The summed E-state index contributed by atoms with van der Waals surface area (Å²) in [5.41, 5.74) is 5.59. The van der Waals surface area contributed by atoms with E-state index in [9.17, 15) is 0 Å². The highest BCUT2D eigenvalue weighted by Gasteiger charge is 2.16. The van der Waals surface area contributed by atoms with Gasteiger partial charge in [0.05, 0.1) is 0 Å². The van der Waals surface area contributed by atoms with Crippen LogP contribution in [0.4, 0.5) is 0 Å². The lowest BCUT2D eigenvalue weighted by molar-refractivity contribution is 0.406. The molecule has 0 fully saturated rings. The lowest BCUT2D eigenvalue weighted by atomic mass is 9.94. The maximum Gasteiger partial charge on any atom is 0.0473 e. The lowest BCUT2D eigenvalue weighted by Gasteiger charge is -2.21. The summed E-state index contributed by atoms with van der Waals surface area (Å²) in [6, 6.07) is 6.68. The van der Waals surface area contributed by atoms with E-state index in [-0.39, 0.29) is 6.04 Å². The van der Waals surface area contributed by atoms with Crippen LogP contribution in [-0.2, 0) is 0 Å². The van der Waals surface area contributed by atoms with Gasteiger partial charge in [0.15, 0.2) is 0 Å². The zero-order chi connectivity index (χ0) is 12.1. The molecule has 0 saturated carbocycles. The Labute approximate surface area is 112 Å². The molecule has 0 bridgehead atoms. The van der Waals surface area contributed by atoms with Crippen LogP contribution in [0.25, 0.3) is 0 Å². The molecule has 0 amide bonds. The second-order valence-electron chi connectivity index (χ2n) is 4.45. The predicted octanol–water partition coefficient (Wildman–Crippen LogP) is 3.54. The molecular weight excluding hydrogens is 311 g/mol. The third kappa shape index (κ3) is 3.43. The summed E-state index contributed by atoms with van der Waals surface area (Å²) < 4.78 is 1.33. The molecule has 2 nitrogen and oxygen atoms in total. The molecule has 16 heavy (non-hydrogen) atoms. The normalized spacial score (nSPS) is 14.8. The molecule has 0 aromatic heterocycles. The molecule has 0 aliphatic heterocycles. The maximum atomic E-state index is 5.67. The summed E-state index contributed by atoms with van der Waals surface area (Å²) in [7, 11) is 0. The Morgan fingerprint density at radius 1 is 1.44 bits per heavy atom. The van der Waals surface area contributed by atoms with Crippen LogP contribution in [0.15, 0.2) is 18.2 Å². The molecule has 3 heteroatoms. The molecule has 1 aromatic rings. The number of benzene rings is 1. The number of hydrogen-bond donors (Lipinski definition) is 2. The zero-order valence-corrected chi connectivity index (χ0v) is 12.4. The largest absolute Gasteiger partial charge is 0.271 e. The van der Waals surface area contributed by atoms with Gasteiger partial charge in [-0.2, -0.15) is 0 Å². The Hall–Kier alpha value is -0.130. The first-order chi connectivity index (χ1) is 7.60. The van der Waals surface area contributed by atoms with Gasteiger partial charge in [0, 0.05) is 9.61 Å². The van der Waals surface area contributed by atoms with E-state index in [1.165, 1.54) is 21.1 Å². The first kappa shape index (κ1) is 13.9. The number of rotatable bonds is 5. The number of nitrogens with two attached hydrogens (primary N) is 1. The first-order valence-electron chi connectivity index (χ1n) is 5.81. The Kier molecular flexibility index (Phi) is 5.72. The molecule has 0 saturated heterocycles. The second kappa shape index (κ2) is 6.57. The molecule has 2 atom stereocenters.